The van der Waals surface area contributed by atoms with Gasteiger partial charge in [-0.25, -0.2) is 17.5 Å². The minimum absolute atomic E-state index is 0.173. The summed E-state index contributed by atoms with van der Waals surface area (Å²) in [5, 5.41) is 0.893. The lowest BCUT2D eigenvalue weighted by atomic mass is 9.98. The van der Waals surface area contributed by atoms with Crippen LogP contribution in [-0.2, 0) is 10.0 Å². The number of carbonyl (C=O) groups is 1. The van der Waals surface area contributed by atoms with Crippen molar-refractivity contribution in [2.75, 3.05) is 0 Å². The number of sulfonamides is 1. The van der Waals surface area contributed by atoms with Gasteiger partial charge in [-0.3, -0.25) is 4.79 Å². The van der Waals surface area contributed by atoms with Crippen LogP contribution in [0.1, 0.15) is 41.4 Å². The number of carbonyl (C=O) groups excluding carboxylic acids is 1. The highest BCUT2D eigenvalue weighted by molar-refractivity contribution is 7.90. The van der Waals surface area contributed by atoms with Crippen LogP contribution in [0.2, 0.25) is 0 Å². The van der Waals surface area contributed by atoms with Crippen molar-refractivity contribution in [3.63, 3.8) is 0 Å². The van der Waals surface area contributed by atoms with Gasteiger partial charge >= 0.3 is 0 Å². The summed E-state index contributed by atoms with van der Waals surface area (Å²) < 4.78 is 39.6. The third kappa shape index (κ3) is 3.35. The summed E-state index contributed by atoms with van der Waals surface area (Å²) >= 11 is 0. The summed E-state index contributed by atoms with van der Waals surface area (Å²) in [4.78, 5) is 15.6. The molecule has 0 bridgehead atoms. The fourth-order valence-electron chi connectivity index (χ4n) is 3.09. The number of amides is 1. The van der Waals surface area contributed by atoms with Crippen molar-refractivity contribution in [2.24, 2.45) is 0 Å². The molecule has 0 atom stereocenters. The lowest BCUT2D eigenvalue weighted by Gasteiger charge is -2.08. The van der Waals surface area contributed by atoms with Crippen molar-refractivity contribution in [3.05, 3.63) is 65.1 Å². The van der Waals surface area contributed by atoms with Gasteiger partial charge in [-0.1, -0.05) is 13.8 Å². The Bertz CT molecular complexity index is 1080. The number of hydrogen-bond donors (Lipinski definition) is 2. The van der Waals surface area contributed by atoms with Gasteiger partial charge < -0.3 is 4.98 Å². The molecule has 2 aromatic carbocycles. The predicted octanol–water partition coefficient (Wildman–Crippen LogP) is 3.86. The van der Waals surface area contributed by atoms with Gasteiger partial charge in [0.25, 0.3) is 15.9 Å². The largest absolute Gasteiger partial charge is 0.358 e. The first-order valence-corrected chi connectivity index (χ1v) is 9.62. The first-order chi connectivity index (χ1) is 12.2. The third-order valence-electron chi connectivity index (χ3n) is 4.23. The number of nitrogens with one attached hydrogen (secondary N) is 2. The van der Waals surface area contributed by atoms with Gasteiger partial charge in [-0.2, -0.15) is 0 Å². The lowest BCUT2D eigenvalue weighted by Crippen LogP contribution is -2.30. The average molecular weight is 374 g/mol. The fourth-order valence-corrected chi connectivity index (χ4v) is 4.06. The highest BCUT2D eigenvalue weighted by atomic mass is 32.2. The smallest absolute Gasteiger partial charge is 0.265 e. The van der Waals surface area contributed by atoms with E-state index in [9.17, 15) is 17.6 Å². The minimum Gasteiger partial charge on any atom is -0.358 e. The molecule has 136 valence electrons. The molecule has 0 aliphatic rings. The van der Waals surface area contributed by atoms with Crippen molar-refractivity contribution < 1.29 is 17.6 Å². The van der Waals surface area contributed by atoms with E-state index in [1.807, 2.05) is 11.6 Å². The lowest BCUT2D eigenvalue weighted by molar-refractivity contribution is 0.0981. The topological polar surface area (TPSA) is 79.0 Å². The number of hydrogen-bond acceptors (Lipinski definition) is 3. The highest BCUT2D eigenvalue weighted by Gasteiger charge is 2.20. The molecule has 1 heterocycles. The summed E-state index contributed by atoms with van der Waals surface area (Å²) in [6, 6.07) is 9.29. The van der Waals surface area contributed by atoms with E-state index in [1.54, 1.807) is 18.2 Å². The number of benzene rings is 2. The Hall–Kier alpha value is -2.67. The molecule has 3 aromatic rings. The van der Waals surface area contributed by atoms with Crippen molar-refractivity contribution in [3.8, 4) is 0 Å². The van der Waals surface area contributed by atoms with E-state index in [-0.39, 0.29) is 16.4 Å². The Labute approximate surface area is 151 Å². The summed E-state index contributed by atoms with van der Waals surface area (Å²) in [6.07, 6.45) is 0. The van der Waals surface area contributed by atoms with Crippen LogP contribution in [0.25, 0.3) is 10.9 Å². The zero-order valence-electron chi connectivity index (χ0n) is 14.6. The van der Waals surface area contributed by atoms with Crippen molar-refractivity contribution in [1.82, 2.24) is 9.71 Å². The Kier molecular flexibility index (Phi) is 4.58. The van der Waals surface area contributed by atoms with Crippen LogP contribution in [-0.4, -0.2) is 19.3 Å². The summed E-state index contributed by atoms with van der Waals surface area (Å²) in [7, 11) is -4.07. The summed E-state index contributed by atoms with van der Waals surface area (Å²) in [5.74, 6) is -1.03. The Morgan fingerprint density at radius 2 is 1.77 bits per heavy atom. The number of H-pyrrole nitrogens is 1. The molecule has 3 rings (SSSR count). The van der Waals surface area contributed by atoms with Crippen LogP contribution < -0.4 is 4.72 Å². The molecule has 1 aromatic heterocycles. The standard InChI is InChI=1S/C19H19FN2O3S/c1-11(2)18-12(3)21-17-9-4-13(10-16(17)18)19(23)22-26(24,25)15-7-5-14(20)6-8-15/h4-11,21H,1-3H3,(H,22,23). The first kappa shape index (κ1) is 18.1. The van der Waals surface area contributed by atoms with Gasteiger partial charge in [0.2, 0.25) is 0 Å². The maximum absolute atomic E-state index is 13.0. The molecule has 0 spiro atoms. The van der Waals surface area contributed by atoms with Gasteiger partial charge in [0.05, 0.1) is 4.90 Å². The molecule has 0 aliphatic carbocycles. The second kappa shape index (κ2) is 6.57. The van der Waals surface area contributed by atoms with Crippen molar-refractivity contribution in [1.29, 1.82) is 0 Å². The van der Waals surface area contributed by atoms with Crippen LogP contribution in [0.3, 0.4) is 0 Å². The van der Waals surface area contributed by atoms with Crippen molar-refractivity contribution >= 4 is 26.8 Å². The SMILES string of the molecule is Cc1[nH]c2ccc(C(=O)NS(=O)(=O)c3ccc(F)cc3)cc2c1C(C)C. The molecule has 7 heteroatoms. The van der Waals surface area contributed by atoms with E-state index in [1.165, 1.54) is 0 Å². The van der Waals surface area contributed by atoms with E-state index < -0.39 is 21.7 Å². The van der Waals surface area contributed by atoms with Gasteiger partial charge in [-0.05, 0) is 60.9 Å². The van der Waals surface area contributed by atoms with Gasteiger partial charge in [0, 0.05) is 22.2 Å². The molecule has 1 amide bonds. The second-order valence-corrected chi connectivity index (χ2v) is 8.15. The summed E-state index contributed by atoms with van der Waals surface area (Å²) in [6.45, 7) is 6.08. The highest BCUT2D eigenvalue weighted by Crippen LogP contribution is 2.29. The molecule has 0 fully saturated rings. The molecule has 2 N–H and O–H groups in total. The molecule has 0 radical (unpaired) electrons. The van der Waals surface area contributed by atoms with E-state index in [0.717, 1.165) is 46.4 Å². The molecular formula is C19H19FN2O3S. The van der Waals surface area contributed by atoms with Gasteiger partial charge in [-0.15, -0.1) is 0 Å². The average Bonchev–Trinajstić information content (AvgIpc) is 2.89. The monoisotopic (exact) mass is 374 g/mol. The van der Waals surface area contributed by atoms with Crippen LogP contribution in [0.5, 0.6) is 0 Å². The molecule has 0 aliphatic heterocycles. The first-order valence-electron chi connectivity index (χ1n) is 8.14. The predicted molar refractivity (Wildman–Crippen MR) is 98.2 cm³/mol. The Morgan fingerprint density at radius 3 is 2.38 bits per heavy atom. The van der Waals surface area contributed by atoms with Crippen LogP contribution in [0, 0.1) is 12.7 Å². The number of aryl methyl sites for hydroxylation is 1. The van der Waals surface area contributed by atoms with Crippen molar-refractivity contribution in [2.45, 2.75) is 31.6 Å². The van der Waals surface area contributed by atoms with E-state index >= 15 is 0 Å². The second-order valence-electron chi connectivity index (χ2n) is 6.47. The Balaban J connectivity index is 1.95. The maximum atomic E-state index is 13.0. The number of rotatable bonds is 4. The van der Waals surface area contributed by atoms with E-state index in [0.29, 0.717) is 0 Å². The third-order valence-corrected chi connectivity index (χ3v) is 5.57. The number of aromatic amines is 1. The maximum Gasteiger partial charge on any atom is 0.265 e. The quantitative estimate of drug-likeness (QED) is 0.728. The van der Waals surface area contributed by atoms with Gasteiger partial charge in [0.15, 0.2) is 0 Å². The molecular weight excluding hydrogens is 355 g/mol. The molecule has 0 saturated heterocycles. The molecule has 5 nitrogen and oxygen atoms in total. The number of fused-ring (bicyclic) bond motifs is 1. The molecule has 0 unspecified atom stereocenters. The molecule has 0 saturated carbocycles. The Morgan fingerprint density at radius 1 is 1.12 bits per heavy atom. The van der Waals surface area contributed by atoms with Crippen LogP contribution >= 0.6 is 0 Å². The fraction of sp³-hybridized carbons (Fsp3) is 0.211. The van der Waals surface area contributed by atoms with E-state index in [2.05, 4.69) is 18.8 Å². The van der Waals surface area contributed by atoms with Crippen LogP contribution in [0.15, 0.2) is 47.4 Å². The molecule has 26 heavy (non-hydrogen) atoms. The van der Waals surface area contributed by atoms with E-state index in [4.69, 9.17) is 0 Å². The van der Waals surface area contributed by atoms with Crippen LogP contribution in [0.4, 0.5) is 4.39 Å². The normalized spacial score (nSPS) is 11.9. The van der Waals surface area contributed by atoms with Gasteiger partial charge in [0.1, 0.15) is 5.82 Å². The number of aromatic nitrogens is 1. The number of halogens is 1. The zero-order valence-corrected chi connectivity index (χ0v) is 15.4. The summed E-state index contributed by atoms with van der Waals surface area (Å²) in [5.41, 5.74) is 3.25. The zero-order chi connectivity index (χ0) is 19.1. The minimum atomic E-state index is -4.07.